The van der Waals surface area contributed by atoms with Crippen molar-refractivity contribution in [2.75, 3.05) is 18.0 Å². The number of anilines is 1. The molecule has 0 amide bonds. The number of H-pyrrole nitrogens is 1. The average Bonchev–Trinajstić information content (AvgIpc) is 3.31. The first-order valence-corrected chi connectivity index (χ1v) is 8.46. The molecule has 1 aliphatic heterocycles. The number of aromatic nitrogens is 4. The van der Waals surface area contributed by atoms with Crippen LogP contribution in [0, 0.1) is 11.3 Å². The third-order valence-corrected chi connectivity index (χ3v) is 4.81. The number of aliphatic hydroxyl groups is 1. The lowest BCUT2D eigenvalue weighted by Crippen LogP contribution is -2.26. The van der Waals surface area contributed by atoms with Gasteiger partial charge in [0.05, 0.1) is 35.2 Å². The lowest BCUT2D eigenvalue weighted by Gasteiger charge is -2.22. The smallest absolute Gasteiger partial charge is 0.268 e. The van der Waals surface area contributed by atoms with Crippen LogP contribution in [-0.4, -0.2) is 37.9 Å². The van der Waals surface area contributed by atoms with E-state index in [1.54, 1.807) is 19.2 Å². The monoisotopic (exact) mass is 350 g/mol. The maximum atomic E-state index is 12.4. The molecule has 0 aliphatic carbocycles. The first-order valence-electron chi connectivity index (χ1n) is 8.46. The van der Waals surface area contributed by atoms with Gasteiger partial charge in [0.2, 0.25) is 0 Å². The Labute approximate surface area is 149 Å². The summed E-state index contributed by atoms with van der Waals surface area (Å²) in [5.41, 5.74) is 1.31. The van der Waals surface area contributed by atoms with Crippen LogP contribution in [0.4, 0.5) is 5.69 Å². The van der Waals surface area contributed by atoms with Crippen molar-refractivity contribution in [3.8, 4) is 6.07 Å². The number of aromatic amines is 1. The van der Waals surface area contributed by atoms with E-state index >= 15 is 0 Å². The SMILES string of the molecule is CC(O)c1cc2c(N3CCC(n4cccn4)C3)c(C#N)c(=O)[nH]c2cn1. The Balaban J connectivity index is 1.86. The van der Waals surface area contributed by atoms with E-state index < -0.39 is 11.7 Å². The Morgan fingerprint density at radius 1 is 1.50 bits per heavy atom. The summed E-state index contributed by atoms with van der Waals surface area (Å²) >= 11 is 0. The highest BCUT2D eigenvalue weighted by atomic mass is 16.3. The number of hydrogen-bond acceptors (Lipinski definition) is 6. The fourth-order valence-corrected chi connectivity index (χ4v) is 3.51. The van der Waals surface area contributed by atoms with Gasteiger partial charge < -0.3 is 15.0 Å². The molecule has 8 heteroatoms. The van der Waals surface area contributed by atoms with Gasteiger partial charge in [-0.05, 0) is 25.5 Å². The van der Waals surface area contributed by atoms with Crippen LogP contribution in [0.3, 0.4) is 0 Å². The molecular formula is C18H18N6O2. The molecule has 0 saturated carbocycles. The molecule has 0 radical (unpaired) electrons. The summed E-state index contributed by atoms with van der Waals surface area (Å²) < 4.78 is 1.91. The van der Waals surface area contributed by atoms with Gasteiger partial charge in [-0.1, -0.05) is 0 Å². The van der Waals surface area contributed by atoms with E-state index in [9.17, 15) is 15.2 Å². The summed E-state index contributed by atoms with van der Waals surface area (Å²) in [5, 5.41) is 24.4. The zero-order chi connectivity index (χ0) is 18.3. The number of nitriles is 1. The van der Waals surface area contributed by atoms with Crippen molar-refractivity contribution in [1.82, 2.24) is 19.7 Å². The van der Waals surface area contributed by atoms with Crippen molar-refractivity contribution in [2.45, 2.75) is 25.5 Å². The fourth-order valence-electron chi connectivity index (χ4n) is 3.51. The number of fused-ring (bicyclic) bond motifs is 1. The molecule has 2 N–H and O–H groups in total. The molecule has 0 bridgehead atoms. The predicted molar refractivity (Wildman–Crippen MR) is 95.8 cm³/mol. The zero-order valence-corrected chi connectivity index (χ0v) is 14.3. The lowest BCUT2D eigenvalue weighted by atomic mass is 10.1. The molecule has 8 nitrogen and oxygen atoms in total. The van der Waals surface area contributed by atoms with E-state index in [1.807, 2.05) is 27.9 Å². The first kappa shape index (κ1) is 16.3. The summed E-state index contributed by atoms with van der Waals surface area (Å²) in [5.74, 6) is 0. The van der Waals surface area contributed by atoms with Crippen LogP contribution < -0.4 is 10.5 Å². The van der Waals surface area contributed by atoms with Crippen molar-refractivity contribution < 1.29 is 5.11 Å². The lowest BCUT2D eigenvalue weighted by molar-refractivity contribution is 0.194. The number of nitrogens with one attached hydrogen (secondary N) is 1. The van der Waals surface area contributed by atoms with Crippen LogP contribution in [0.2, 0.25) is 0 Å². The Hall–Kier alpha value is -3.18. The van der Waals surface area contributed by atoms with Gasteiger partial charge in [-0.15, -0.1) is 0 Å². The minimum atomic E-state index is -0.736. The summed E-state index contributed by atoms with van der Waals surface area (Å²) in [4.78, 5) is 21.3. The van der Waals surface area contributed by atoms with Gasteiger partial charge in [-0.25, -0.2) is 0 Å². The number of hydrogen-bond donors (Lipinski definition) is 2. The van der Waals surface area contributed by atoms with Crippen molar-refractivity contribution in [1.29, 1.82) is 5.26 Å². The van der Waals surface area contributed by atoms with Gasteiger partial charge in [-0.3, -0.25) is 14.5 Å². The fraction of sp³-hybridized carbons (Fsp3) is 0.333. The van der Waals surface area contributed by atoms with Crippen LogP contribution in [-0.2, 0) is 0 Å². The van der Waals surface area contributed by atoms with Crippen LogP contribution in [0.15, 0.2) is 35.5 Å². The third kappa shape index (κ3) is 2.62. The highest BCUT2D eigenvalue weighted by Crippen LogP contribution is 2.33. The maximum Gasteiger partial charge on any atom is 0.268 e. The number of rotatable bonds is 3. The summed E-state index contributed by atoms with van der Waals surface area (Å²) in [6.07, 6.45) is 5.33. The molecule has 3 aromatic heterocycles. The van der Waals surface area contributed by atoms with E-state index in [-0.39, 0.29) is 11.6 Å². The quantitative estimate of drug-likeness (QED) is 0.740. The van der Waals surface area contributed by atoms with E-state index in [1.165, 1.54) is 6.20 Å². The van der Waals surface area contributed by atoms with Gasteiger partial charge in [0, 0.05) is 30.9 Å². The normalized spacial score (nSPS) is 18.2. The summed E-state index contributed by atoms with van der Waals surface area (Å²) in [6.45, 7) is 3.00. The second kappa shape index (κ2) is 6.28. The van der Waals surface area contributed by atoms with Gasteiger partial charge in [-0.2, -0.15) is 10.4 Å². The number of nitrogens with zero attached hydrogens (tertiary/aromatic N) is 5. The average molecular weight is 350 g/mol. The Morgan fingerprint density at radius 3 is 3.04 bits per heavy atom. The zero-order valence-electron chi connectivity index (χ0n) is 14.3. The van der Waals surface area contributed by atoms with Crippen LogP contribution >= 0.6 is 0 Å². The molecule has 0 aromatic carbocycles. The Bertz CT molecular complexity index is 1050. The van der Waals surface area contributed by atoms with Crippen molar-refractivity contribution in [2.24, 2.45) is 0 Å². The minimum absolute atomic E-state index is 0.0846. The molecule has 1 aliphatic rings. The predicted octanol–water partition coefficient (Wildman–Crippen LogP) is 1.50. The topological polar surface area (TPSA) is 111 Å². The highest BCUT2D eigenvalue weighted by molar-refractivity contribution is 5.94. The molecular weight excluding hydrogens is 332 g/mol. The van der Waals surface area contributed by atoms with Gasteiger partial charge >= 0.3 is 0 Å². The summed E-state index contributed by atoms with van der Waals surface area (Å²) in [6, 6.07) is 5.85. The van der Waals surface area contributed by atoms with Crippen molar-refractivity contribution >= 4 is 16.6 Å². The van der Waals surface area contributed by atoms with Crippen LogP contribution in [0.25, 0.3) is 10.9 Å². The van der Waals surface area contributed by atoms with Crippen molar-refractivity contribution in [3.63, 3.8) is 0 Å². The minimum Gasteiger partial charge on any atom is -0.387 e. The number of pyridine rings is 2. The molecule has 2 atom stereocenters. The first-order chi connectivity index (χ1) is 12.6. The second-order valence-electron chi connectivity index (χ2n) is 6.49. The van der Waals surface area contributed by atoms with Gasteiger partial charge in [0.1, 0.15) is 11.6 Å². The molecule has 4 heterocycles. The molecule has 26 heavy (non-hydrogen) atoms. The largest absolute Gasteiger partial charge is 0.387 e. The second-order valence-corrected chi connectivity index (χ2v) is 6.49. The molecule has 2 unspecified atom stereocenters. The van der Waals surface area contributed by atoms with Crippen LogP contribution in [0.5, 0.6) is 0 Å². The molecule has 132 valence electrons. The van der Waals surface area contributed by atoms with E-state index in [2.05, 4.69) is 15.1 Å². The molecule has 0 spiro atoms. The Morgan fingerprint density at radius 2 is 2.35 bits per heavy atom. The molecule has 3 aromatic rings. The van der Waals surface area contributed by atoms with Gasteiger partial charge in [0.15, 0.2) is 0 Å². The third-order valence-electron chi connectivity index (χ3n) is 4.81. The Kier molecular flexibility index (Phi) is 3.93. The van der Waals surface area contributed by atoms with E-state index in [0.717, 1.165) is 6.42 Å². The van der Waals surface area contributed by atoms with Crippen LogP contribution in [0.1, 0.15) is 36.7 Å². The van der Waals surface area contributed by atoms with E-state index in [4.69, 9.17) is 0 Å². The summed E-state index contributed by atoms with van der Waals surface area (Å²) in [7, 11) is 0. The van der Waals surface area contributed by atoms with E-state index in [0.29, 0.717) is 35.4 Å². The maximum absolute atomic E-state index is 12.4. The molecule has 1 fully saturated rings. The molecule has 1 saturated heterocycles. The van der Waals surface area contributed by atoms with Crippen molar-refractivity contribution in [3.05, 3.63) is 52.3 Å². The number of aliphatic hydroxyl groups excluding tert-OH is 1. The van der Waals surface area contributed by atoms with Gasteiger partial charge in [0.25, 0.3) is 5.56 Å². The highest BCUT2D eigenvalue weighted by Gasteiger charge is 2.28. The standard InChI is InChI=1S/C18H18N6O2/c1-11(25)15-7-13-16(9-20-15)22-18(26)14(8-19)17(13)23-6-3-12(10-23)24-5-2-4-21-24/h2,4-5,7,9,11-12,25H,3,6,10H2,1H3,(H,22,26). The molecule has 4 rings (SSSR count).